The number of allylic oxidation sites excluding steroid dienone is 2. The Morgan fingerprint density at radius 1 is 0.871 bits per heavy atom. The van der Waals surface area contributed by atoms with Crippen LogP contribution in [-0.2, 0) is 47.0 Å². The topological polar surface area (TPSA) is 196 Å². The Labute approximate surface area is 410 Å². The second-order valence-corrected chi connectivity index (χ2v) is 20.1. The summed E-state index contributed by atoms with van der Waals surface area (Å²) >= 11 is 0. The number of fused-ring (bicyclic) bond motifs is 4. The minimum atomic E-state index is -4.35. The predicted molar refractivity (Wildman–Crippen MR) is 269 cm³/mol. The van der Waals surface area contributed by atoms with Crippen LogP contribution in [0.15, 0.2) is 79.0 Å². The van der Waals surface area contributed by atoms with Gasteiger partial charge in [0.15, 0.2) is 5.54 Å². The first-order valence-electron chi connectivity index (χ1n) is 23.6. The van der Waals surface area contributed by atoms with Crippen molar-refractivity contribution in [1.82, 2.24) is 30.2 Å². The molecule has 1 aromatic heterocycles. The summed E-state index contributed by atoms with van der Waals surface area (Å²) in [4.78, 5) is 27.3. The van der Waals surface area contributed by atoms with Gasteiger partial charge in [-0.3, -0.25) is 14.1 Å². The molecular weight excluding hydrogens is 915 g/mol. The Balaban J connectivity index is 0.920. The third kappa shape index (κ3) is 12.6. The predicted octanol–water partition coefficient (Wildman–Crippen LogP) is 4.53. The number of anilines is 1. The molecule has 3 aliphatic rings. The maximum Gasteiger partial charge on any atom is 0.269 e. The van der Waals surface area contributed by atoms with Crippen LogP contribution in [0.25, 0.3) is 16.7 Å². The zero-order chi connectivity index (χ0) is 50.2. The molecule has 0 aliphatic carbocycles. The Morgan fingerprint density at radius 3 is 2.30 bits per heavy atom. The second kappa shape index (κ2) is 22.4. The summed E-state index contributed by atoms with van der Waals surface area (Å²) in [6.07, 6.45) is 9.96. The van der Waals surface area contributed by atoms with Gasteiger partial charge in [0, 0.05) is 79.6 Å². The molecule has 18 heteroatoms. The number of aromatic nitrogens is 3. The smallest absolute Gasteiger partial charge is 0.269 e. The highest BCUT2D eigenvalue weighted by Gasteiger charge is 2.36. The molecule has 0 fully saturated rings. The summed E-state index contributed by atoms with van der Waals surface area (Å²) in [6, 6.07) is 15.6. The van der Waals surface area contributed by atoms with Crippen LogP contribution < -0.4 is 35.4 Å². The monoisotopic (exact) mass is 980 g/mol. The Bertz CT molecular complexity index is 2920. The molecule has 0 radical (unpaired) electrons. The lowest BCUT2D eigenvalue weighted by Crippen LogP contribution is -2.47. The maximum absolute atomic E-state index is 13.3. The number of nitrogens with zero attached hydrogens (tertiary/aromatic N) is 5. The van der Waals surface area contributed by atoms with Crippen molar-refractivity contribution < 1.29 is 46.2 Å². The minimum absolute atomic E-state index is 0.0653. The Hall–Kier alpha value is -6.02. The number of carbonyl (C=O) groups is 2. The lowest BCUT2D eigenvalue weighted by atomic mass is 9.84. The molecule has 4 aromatic rings. The molecule has 0 saturated carbocycles. The van der Waals surface area contributed by atoms with E-state index in [2.05, 4.69) is 76.4 Å². The molecule has 3 aliphatic heterocycles. The van der Waals surface area contributed by atoms with E-state index in [9.17, 15) is 22.6 Å². The van der Waals surface area contributed by atoms with Gasteiger partial charge in [0.25, 0.3) is 16.0 Å². The van der Waals surface area contributed by atoms with Crippen LogP contribution in [0, 0.1) is 0 Å². The average Bonchev–Trinajstić information content (AvgIpc) is 3.77. The van der Waals surface area contributed by atoms with Crippen molar-refractivity contribution in [3.63, 3.8) is 0 Å². The number of likely N-dealkylation sites (N-methyl/N-ethyl adjacent to an activating group) is 2. The first-order valence-corrected chi connectivity index (χ1v) is 25.2. The molecule has 0 spiro atoms. The van der Waals surface area contributed by atoms with E-state index in [0.717, 1.165) is 44.1 Å². The summed E-state index contributed by atoms with van der Waals surface area (Å²) in [7, 11) is -0.310. The number of carbonyl (C=O) groups excluding carboxylic acids is 2. The highest BCUT2D eigenvalue weighted by Crippen LogP contribution is 2.46. The molecule has 70 heavy (non-hydrogen) atoms. The van der Waals surface area contributed by atoms with Crippen LogP contribution in [0.2, 0.25) is 0 Å². The van der Waals surface area contributed by atoms with Crippen molar-refractivity contribution in [2.24, 2.45) is 0 Å². The van der Waals surface area contributed by atoms with Crippen molar-refractivity contribution in [3.8, 4) is 11.5 Å². The fourth-order valence-corrected chi connectivity index (χ4v) is 9.34. The lowest BCUT2D eigenvalue weighted by molar-refractivity contribution is -0.122. The van der Waals surface area contributed by atoms with Crippen molar-refractivity contribution in [2.75, 3.05) is 84.1 Å². The van der Waals surface area contributed by atoms with Gasteiger partial charge in [0.2, 0.25) is 11.3 Å². The van der Waals surface area contributed by atoms with E-state index in [-0.39, 0.29) is 30.4 Å². The molecule has 3 aromatic carbocycles. The highest BCUT2D eigenvalue weighted by molar-refractivity contribution is 7.86. The molecule has 0 saturated heterocycles. The summed E-state index contributed by atoms with van der Waals surface area (Å²) in [6.45, 7) is 16.5. The Kier molecular flexibility index (Phi) is 16.6. The van der Waals surface area contributed by atoms with Crippen molar-refractivity contribution >= 4 is 44.3 Å². The van der Waals surface area contributed by atoms with Gasteiger partial charge >= 0.3 is 0 Å². The number of nitrogens with one attached hydrogen (secondary N) is 2. The molecule has 4 heterocycles. The van der Waals surface area contributed by atoms with E-state index in [0.29, 0.717) is 99.8 Å². The molecule has 3 N–H and O–H groups in total. The van der Waals surface area contributed by atoms with Gasteiger partial charge in [0.1, 0.15) is 30.0 Å². The molecule has 0 unspecified atom stereocenters. The number of hydrogen-bond acceptors (Lipinski definition) is 12. The molecule has 7 rings (SSSR count). The Morgan fingerprint density at radius 2 is 1.59 bits per heavy atom. The number of hydrogen-bond donors (Lipinski definition) is 3. The first kappa shape index (κ1) is 51.8. The first-order chi connectivity index (χ1) is 33.3. The molecule has 374 valence electrons. The van der Waals surface area contributed by atoms with Gasteiger partial charge in [-0.25, -0.2) is 9.26 Å². The number of rotatable bonds is 23. The number of ether oxygens (including phenoxy) is 5. The van der Waals surface area contributed by atoms with Crippen LogP contribution in [0.5, 0.6) is 11.5 Å². The van der Waals surface area contributed by atoms with Gasteiger partial charge in [-0.1, -0.05) is 35.6 Å². The van der Waals surface area contributed by atoms with Crippen LogP contribution in [0.3, 0.4) is 0 Å². The second-order valence-electron chi connectivity index (χ2n) is 18.7. The van der Waals surface area contributed by atoms with Gasteiger partial charge in [0.05, 0.1) is 82.8 Å². The largest absolute Gasteiger partial charge is 0.456 e. The van der Waals surface area contributed by atoms with E-state index in [1.807, 2.05) is 70.3 Å². The molecule has 17 nitrogen and oxygen atoms in total. The van der Waals surface area contributed by atoms with Gasteiger partial charge in [-0.15, -0.1) is 5.10 Å². The summed E-state index contributed by atoms with van der Waals surface area (Å²) in [5.41, 5.74) is 7.40. The fraction of sp³-hybridized carbons (Fsp3) is 0.442. The molecule has 2 amide bonds. The van der Waals surface area contributed by atoms with Gasteiger partial charge in [-0.2, -0.15) is 8.42 Å². The van der Waals surface area contributed by atoms with Crippen molar-refractivity contribution in [1.29, 1.82) is 0 Å². The van der Waals surface area contributed by atoms with Crippen molar-refractivity contribution in [3.05, 3.63) is 123 Å². The van der Waals surface area contributed by atoms with E-state index in [1.165, 1.54) is 0 Å². The maximum atomic E-state index is 13.3. The number of amides is 2. The summed E-state index contributed by atoms with van der Waals surface area (Å²) < 4.78 is 67.7. The van der Waals surface area contributed by atoms with E-state index < -0.39 is 21.4 Å². The van der Waals surface area contributed by atoms with Crippen LogP contribution >= 0.6 is 0 Å². The van der Waals surface area contributed by atoms with Gasteiger partial charge < -0.3 is 39.2 Å². The molecule has 0 atom stereocenters. The molecule has 0 bridgehead atoms. The van der Waals surface area contributed by atoms with Crippen LogP contribution in [0.1, 0.15) is 86.3 Å². The zero-order valence-corrected chi connectivity index (χ0v) is 42.3. The third-order valence-corrected chi connectivity index (χ3v) is 13.4. The highest BCUT2D eigenvalue weighted by atomic mass is 32.2. The van der Waals surface area contributed by atoms with Crippen molar-refractivity contribution in [2.45, 2.75) is 72.2 Å². The average molecular weight is 981 g/mol. The lowest BCUT2D eigenvalue weighted by Gasteiger charge is -2.41. The molecular formula is C52H66N7O10S+. The van der Waals surface area contributed by atoms with Gasteiger partial charge in [-0.05, 0) is 74.7 Å². The minimum Gasteiger partial charge on any atom is -0.456 e. The SMILES string of the molecule is CC=CCNC(=O)CCOCc1cn(CCOCCOCCOCCNC(=O)c2ccc(C3=c4cc5c(cc4Oc4cc6c(cc43)C(C)=CC(C)(C)N6C)=[N+](C)C(C)(C)C=C5CS(=O)(=O)O)cc2)nn1. The van der Waals surface area contributed by atoms with E-state index in [4.69, 9.17) is 23.7 Å². The van der Waals surface area contributed by atoms with E-state index in [1.54, 1.807) is 23.0 Å². The third-order valence-electron chi connectivity index (χ3n) is 12.8. The normalized spacial score (nSPS) is 15.6. The standard InChI is InChI=1S/C52H65N7O10S/c1-9-10-16-53-48(60)15-19-68-33-39-32-59(56-55-39)18-21-66-23-25-67-24-22-65-20-17-54-50(61)37-13-11-36(12-14-37)49-42-26-40-35(2)30-51(3,4)57(7)44(40)28-46(42)69-47-29-45-41(27-43(47)49)38(34-70(62,63)64)31-52(5,6)58(45)8/h9-14,26-32H,15-25,33-34H2,1-8H3,(H2-,53,54,60,61,62,63,64)/p+1. The van der Waals surface area contributed by atoms with Crippen LogP contribution in [-0.4, -0.2) is 130 Å². The fourth-order valence-electron chi connectivity index (χ4n) is 8.70. The van der Waals surface area contributed by atoms with E-state index >= 15 is 0 Å². The number of benzene rings is 3. The van der Waals surface area contributed by atoms with Crippen LogP contribution in [0.4, 0.5) is 5.69 Å². The summed E-state index contributed by atoms with van der Waals surface area (Å²) in [5, 5.41) is 15.4. The zero-order valence-electron chi connectivity index (χ0n) is 41.5. The summed E-state index contributed by atoms with van der Waals surface area (Å²) in [5.74, 6) is 0.451. The quantitative estimate of drug-likeness (QED) is 0.0358.